The molecule has 0 heterocycles. The average Bonchev–Trinajstić information content (AvgIpc) is 2.46. The molecule has 0 aliphatic rings. The molecule has 0 aromatic heterocycles. The summed E-state index contributed by atoms with van der Waals surface area (Å²) in [6.45, 7) is 16.9. The Morgan fingerprint density at radius 2 is 0.500 bits per heavy atom. The molecule has 0 N–H and O–H groups in total. The summed E-state index contributed by atoms with van der Waals surface area (Å²) < 4.78 is 182. The molecular weight excluding hydrogens is 592 g/mol. The first-order chi connectivity index (χ1) is 16.4. The van der Waals surface area contributed by atoms with Gasteiger partial charge in [0.2, 0.25) is 5.92 Å². The second kappa shape index (κ2) is 18.4. The highest BCUT2D eigenvalue weighted by Crippen LogP contribution is 2.49. The van der Waals surface area contributed by atoms with E-state index >= 15 is 0 Å². The Bertz CT molecular complexity index is 531. The van der Waals surface area contributed by atoms with Crippen LogP contribution in [0, 0.1) is 16.7 Å². The Kier molecular flexibility index (Phi) is 23.8. The van der Waals surface area contributed by atoms with E-state index in [2.05, 4.69) is 27.7 Å². The van der Waals surface area contributed by atoms with Crippen LogP contribution in [-0.4, -0.2) is 42.5 Å². The number of alkyl halides is 16. The Labute approximate surface area is 227 Å². The standard InChI is InChI=1S/C5H6F6.C5H12.C4H6F4.C4H7F3.C3H6F2.C3H7F/c1-3(2,4(6,7)8)5(9,10)11;1-5(2,3)4;1-3(2,5)4(6,7)8;1-3(2)4(5,6)7;1-3(2,4)5;1-3(2)4/h1-2H3;1-4H3;1-2H3;3H,1-2H3;1-2H3;3H,1-2H3. The molecule has 0 unspecified atom stereocenters. The van der Waals surface area contributed by atoms with E-state index < -0.39 is 53.8 Å². The molecule has 0 aromatic carbocycles. The van der Waals surface area contributed by atoms with E-state index in [0.29, 0.717) is 19.3 Å². The minimum atomic E-state index is -5.24. The maximum atomic E-state index is 11.8. The summed E-state index contributed by atoms with van der Waals surface area (Å²) in [7, 11) is 0. The number of hydrogen-bond donors (Lipinski definition) is 0. The summed E-state index contributed by atoms with van der Waals surface area (Å²) in [6.07, 6.45) is -19.9. The van der Waals surface area contributed by atoms with Crippen LogP contribution < -0.4 is 0 Å². The topological polar surface area (TPSA) is 0 Å². The van der Waals surface area contributed by atoms with Crippen LogP contribution in [0.15, 0.2) is 0 Å². The Morgan fingerprint density at radius 1 is 0.400 bits per heavy atom. The van der Waals surface area contributed by atoms with Crippen LogP contribution in [0.1, 0.15) is 96.9 Å². The minimum absolute atomic E-state index is 0.104. The largest absolute Gasteiger partial charge is 0.421 e. The first kappa shape index (κ1) is 51.6. The Morgan fingerprint density at radius 3 is 0.500 bits per heavy atom. The fourth-order valence-corrected chi connectivity index (χ4v) is 0.161. The van der Waals surface area contributed by atoms with Crippen molar-refractivity contribution in [2.75, 3.05) is 0 Å². The smallest absolute Gasteiger partial charge is 0.248 e. The van der Waals surface area contributed by atoms with Gasteiger partial charge in [-0.15, -0.1) is 0 Å². The van der Waals surface area contributed by atoms with Gasteiger partial charge in [0.25, 0.3) is 0 Å². The van der Waals surface area contributed by atoms with E-state index in [-0.39, 0.29) is 13.8 Å². The molecule has 16 heteroatoms. The van der Waals surface area contributed by atoms with Crippen LogP contribution >= 0.6 is 0 Å². The zero-order valence-electron chi connectivity index (χ0n) is 25.2. The van der Waals surface area contributed by atoms with E-state index in [4.69, 9.17) is 0 Å². The summed E-state index contributed by atoms with van der Waals surface area (Å²) in [6, 6.07) is 0. The monoisotopic (exact) mass is 636 g/mol. The maximum Gasteiger partial charge on any atom is 0.421 e. The summed E-state index contributed by atoms with van der Waals surface area (Å²) in [5.74, 6) is -3.70. The van der Waals surface area contributed by atoms with E-state index in [1.165, 1.54) is 13.8 Å². The fourth-order valence-electron chi connectivity index (χ4n) is 0.161. The minimum Gasteiger partial charge on any atom is -0.248 e. The van der Waals surface area contributed by atoms with Crippen LogP contribution in [0.2, 0.25) is 0 Å². The highest BCUT2D eigenvalue weighted by Gasteiger charge is 2.64. The molecule has 0 fully saturated rings. The van der Waals surface area contributed by atoms with Crippen LogP contribution in [0.25, 0.3) is 0 Å². The van der Waals surface area contributed by atoms with Gasteiger partial charge in [0.05, 0.1) is 6.17 Å². The molecule has 0 saturated carbocycles. The number of hydrogen-bond acceptors (Lipinski definition) is 0. The molecule has 0 radical (unpaired) electrons. The summed E-state index contributed by atoms with van der Waals surface area (Å²) in [5, 5.41) is 0. The lowest BCUT2D eigenvalue weighted by atomic mass is 9.92. The van der Waals surface area contributed by atoms with Crippen LogP contribution in [0.4, 0.5) is 70.2 Å². The third-order valence-electron chi connectivity index (χ3n) is 2.75. The molecule has 0 aliphatic heterocycles. The Balaban J connectivity index is -0.0000000899. The fraction of sp³-hybridized carbons (Fsp3) is 1.00. The zero-order chi connectivity index (χ0) is 35.2. The molecule has 0 amide bonds. The molecule has 0 aliphatic carbocycles. The first-order valence-corrected chi connectivity index (χ1v) is 11.4. The zero-order valence-corrected chi connectivity index (χ0v) is 25.2. The van der Waals surface area contributed by atoms with Gasteiger partial charge < -0.3 is 0 Å². The highest BCUT2D eigenvalue weighted by atomic mass is 19.4. The molecule has 0 atom stereocenters. The molecule has 252 valence electrons. The lowest BCUT2D eigenvalue weighted by molar-refractivity contribution is -0.327. The molecule has 0 spiro atoms. The summed E-state index contributed by atoms with van der Waals surface area (Å²) in [4.78, 5) is 0. The summed E-state index contributed by atoms with van der Waals surface area (Å²) >= 11 is 0. The van der Waals surface area contributed by atoms with E-state index in [0.717, 1.165) is 27.7 Å². The molecule has 0 saturated heterocycles. The first-order valence-electron chi connectivity index (χ1n) is 11.4. The van der Waals surface area contributed by atoms with Gasteiger partial charge in [0, 0.05) is 5.92 Å². The molecule has 0 rings (SSSR count). The third kappa shape index (κ3) is 46.7. The molecule has 40 heavy (non-hydrogen) atoms. The van der Waals surface area contributed by atoms with E-state index in [1.807, 2.05) is 0 Å². The Hall–Kier alpha value is -1.12. The van der Waals surface area contributed by atoms with E-state index in [1.54, 1.807) is 0 Å². The molecule has 0 aromatic rings. The lowest BCUT2D eigenvalue weighted by Crippen LogP contribution is -2.44. The van der Waals surface area contributed by atoms with E-state index in [9.17, 15) is 70.2 Å². The summed E-state index contributed by atoms with van der Waals surface area (Å²) in [5.41, 5.74) is -6.19. The third-order valence-corrected chi connectivity index (χ3v) is 2.75. The van der Waals surface area contributed by atoms with Crippen LogP contribution in [-0.2, 0) is 0 Å². The van der Waals surface area contributed by atoms with Crippen LogP contribution in [0.3, 0.4) is 0 Å². The van der Waals surface area contributed by atoms with Gasteiger partial charge in [-0.1, -0.05) is 41.5 Å². The van der Waals surface area contributed by atoms with Gasteiger partial charge in [-0.05, 0) is 60.8 Å². The molecular formula is C24H44F16. The SMILES string of the molecule is CC(C)(C(F)(F)F)C(F)(F)F.CC(C)(C)C.CC(C)(F)C(F)(F)F.CC(C)(F)F.CC(C)C(F)(F)F.CC(C)F. The van der Waals surface area contributed by atoms with Gasteiger partial charge in [0.1, 0.15) is 0 Å². The van der Waals surface area contributed by atoms with Gasteiger partial charge in [-0.3, -0.25) is 0 Å². The maximum absolute atomic E-state index is 11.8. The highest BCUT2D eigenvalue weighted by molar-refractivity contribution is 4.84. The van der Waals surface area contributed by atoms with Crippen molar-refractivity contribution in [2.24, 2.45) is 16.7 Å². The molecule has 0 bridgehead atoms. The van der Waals surface area contributed by atoms with Crippen molar-refractivity contribution < 1.29 is 70.2 Å². The van der Waals surface area contributed by atoms with Crippen molar-refractivity contribution in [3.63, 3.8) is 0 Å². The van der Waals surface area contributed by atoms with Gasteiger partial charge in [0.15, 0.2) is 11.1 Å². The van der Waals surface area contributed by atoms with Crippen molar-refractivity contribution in [1.82, 2.24) is 0 Å². The van der Waals surface area contributed by atoms with Crippen molar-refractivity contribution in [1.29, 1.82) is 0 Å². The number of halogens is 16. The van der Waals surface area contributed by atoms with Crippen molar-refractivity contribution >= 4 is 0 Å². The van der Waals surface area contributed by atoms with Gasteiger partial charge >= 0.3 is 24.7 Å². The second-order valence-electron chi connectivity index (χ2n) is 11.6. The van der Waals surface area contributed by atoms with Crippen molar-refractivity contribution in [3.8, 4) is 0 Å². The second-order valence-corrected chi connectivity index (χ2v) is 11.6. The molecule has 0 nitrogen and oxygen atoms in total. The number of rotatable bonds is 0. The lowest BCUT2D eigenvalue weighted by Gasteiger charge is -2.29. The van der Waals surface area contributed by atoms with Crippen LogP contribution in [0.5, 0.6) is 0 Å². The predicted octanol–water partition coefficient (Wildman–Crippen LogP) is 12.7. The van der Waals surface area contributed by atoms with Crippen molar-refractivity contribution in [3.05, 3.63) is 0 Å². The normalized spacial score (nSPS) is 13.2. The average molecular weight is 637 g/mol. The predicted molar refractivity (Wildman–Crippen MR) is 126 cm³/mol. The quantitative estimate of drug-likeness (QED) is 0.232. The van der Waals surface area contributed by atoms with Crippen molar-refractivity contribution in [2.45, 2.75) is 139 Å². The van der Waals surface area contributed by atoms with Gasteiger partial charge in [-0.2, -0.15) is 52.7 Å². The van der Waals surface area contributed by atoms with Gasteiger partial charge in [-0.25, -0.2) is 17.6 Å².